The van der Waals surface area contributed by atoms with Gasteiger partial charge < -0.3 is 19.9 Å². The molecule has 3 heterocycles. The van der Waals surface area contributed by atoms with E-state index in [4.69, 9.17) is 9.26 Å². The third-order valence-electron chi connectivity index (χ3n) is 5.21. The van der Waals surface area contributed by atoms with E-state index in [-0.39, 0.29) is 23.8 Å². The van der Waals surface area contributed by atoms with E-state index in [2.05, 4.69) is 20.8 Å². The Balaban J connectivity index is 1.53. The average molecular weight is 408 g/mol. The number of ether oxygens (including phenoxy) is 1. The van der Waals surface area contributed by atoms with Crippen LogP contribution in [0.15, 0.2) is 35.0 Å². The van der Waals surface area contributed by atoms with Gasteiger partial charge in [-0.2, -0.15) is 0 Å². The standard InChI is InChI=1S/C22H24N4O4/c1-5-17-21(28)25-16-7-6-13(9-18(16)29-17)12(4)24-20(27)14-8-15-19(11(2)3)26-30-22(15)23-10-14/h6-12,17H,5H2,1-4H3,(H,24,27)(H,25,28). The molecule has 2 amide bonds. The van der Waals surface area contributed by atoms with E-state index in [1.165, 1.54) is 6.20 Å². The van der Waals surface area contributed by atoms with Crippen molar-refractivity contribution in [2.75, 3.05) is 5.32 Å². The Labute approximate surface area is 174 Å². The number of carbonyl (C=O) groups is 2. The molecule has 0 radical (unpaired) electrons. The number of anilines is 1. The second-order valence-corrected chi connectivity index (χ2v) is 7.75. The lowest BCUT2D eigenvalue weighted by molar-refractivity contribution is -0.123. The third-order valence-corrected chi connectivity index (χ3v) is 5.21. The van der Waals surface area contributed by atoms with Crippen LogP contribution in [0, 0.1) is 0 Å². The maximum absolute atomic E-state index is 12.8. The van der Waals surface area contributed by atoms with Gasteiger partial charge in [0.05, 0.1) is 28.4 Å². The summed E-state index contributed by atoms with van der Waals surface area (Å²) < 4.78 is 11.0. The van der Waals surface area contributed by atoms with Gasteiger partial charge >= 0.3 is 0 Å². The summed E-state index contributed by atoms with van der Waals surface area (Å²) in [7, 11) is 0. The van der Waals surface area contributed by atoms with Crippen molar-refractivity contribution in [2.45, 2.75) is 52.2 Å². The molecule has 0 fully saturated rings. The van der Waals surface area contributed by atoms with Gasteiger partial charge in [0.1, 0.15) is 5.75 Å². The van der Waals surface area contributed by atoms with E-state index < -0.39 is 6.10 Å². The lowest BCUT2D eigenvalue weighted by Crippen LogP contribution is -2.36. The molecule has 2 aromatic heterocycles. The van der Waals surface area contributed by atoms with Gasteiger partial charge in [0.15, 0.2) is 6.10 Å². The number of pyridine rings is 1. The fourth-order valence-corrected chi connectivity index (χ4v) is 3.45. The van der Waals surface area contributed by atoms with Crippen LogP contribution < -0.4 is 15.4 Å². The Morgan fingerprint density at radius 1 is 1.27 bits per heavy atom. The topological polar surface area (TPSA) is 106 Å². The maximum Gasteiger partial charge on any atom is 0.265 e. The fourth-order valence-electron chi connectivity index (χ4n) is 3.45. The quantitative estimate of drug-likeness (QED) is 0.662. The van der Waals surface area contributed by atoms with Crippen molar-refractivity contribution in [1.82, 2.24) is 15.5 Å². The molecule has 1 aliphatic heterocycles. The molecule has 2 N–H and O–H groups in total. The summed E-state index contributed by atoms with van der Waals surface area (Å²) >= 11 is 0. The fraction of sp³-hybridized carbons (Fsp3) is 0.364. The predicted molar refractivity (Wildman–Crippen MR) is 112 cm³/mol. The first-order chi connectivity index (χ1) is 14.4. The van der Waals surface area contributed by atoms with Crippen molar-refractivity contribution in [3.63, 3.8) is 0 Å². The minimum absolute atomic E-state index is 0.142. The zero-order valence-electron chi connectivity index (χ0n) is 17.4. The summed E-state index contributed by atoms with van der Waals surface area (Å²) in [4.78, 5) is 29.0. The van der Waals surface area contributed by atoms with Crippen LogP contribution in [0.3, 0.4) is 0 Å². The van der Waals surface area contributed by atoms with E-state index >= 15 is 0 Å². The lowest BCUT2D eigenvalue weighted by atomic mass is 10.0. The summed E-state index contributed by atoms with van der Waals surface area (Å²) in [5, 5.41) is 10.6. The van der Waals surface area contributed by atoms with Crippen LogP contribution in [0.1, 0.15) is 67.7 Å². The lowest BCUT2D eigenvalue weighted by Gasteiger charge is -2.26. The molecule has 0 bridgehead atoms. The minimum Gasteiger partial charge on any atom is -0.478 e. The molecule has 1 aromatic carbocycles. The number of hydrogen-bond acceptors (Lipinski definition) is 6. The first-order valence-electron chi connectivity index (χ1n) is 10.0. The summed E-state index contributed by atoms with van der Waals surface area (Å²) in [6, 6.07) is 6.98. The van der Waals surface area contributed by atoms with E-state index in [9.17, 15) is 9.59 Å². The van der Waals surface area contributed by atoms with Gasteiger partial charge in [-0.15, -0.1) is 0 Å². The highest BCUT2D eigenvalue weighted by molar-refractivity contribution is 5.98. The molecule has 4 rings (SSSR count). The Hall–Kier alpha value is -3.42. The van der Waals surface area contributed by atoms with Crippen molar-refractivity contribution in [3.05, 3.63) is 47.3 Å². The highest BCUT2D eigenvalue weighted by Gasteiger charge is 2.26. The van der Waals surface area contributed by atoms with Crippen LogP contribution in [0.2, 0.25) is 0 Å². The van der Waals surface area contributed by atoms with Crippen molar-refractivity contribution < 1.29 is 18.8 Å². The number of nitrogens with zero attached hydrogens (tertiary/aromatic N) is 2. The van der Waals surface area contributed by atoms with Crippen LogP contribution in [0.5, 0.6) is 5.75 Å². The van der Waals surface area contributed by atoms with E-state index in [1.807, 2.05) is 39.8 Å². The van der Waals surface area contributed by atoms with Gasteiger partial charge in [-0.1, -0.05) is 32.0 Å². The molecule has 0 saturated carbocycles. The molecule has 30 heavy (non-hydrogen) atoms. The van der Waals surface area contributed by atoms with Gasteiger partial charge in [0.25, 0.3) is 17.5 Å². The first-order valence-corrected chi connectivity index (χ1v) is 10.0. The van der Waals surface area contributed by atoms with Gasteiger partial charge in [0, 0.05) is 6.20 Å². The van der Waals surface area contributed by atoms with Gasteiger partial charge in [-0.3, -0.25) is 9.59 Å². The summed E-state index contributed by atoms with van der Waals surface area (Å²) in [5.74, 6) is 0.380. The minimum atomic E-state index is -0.505. The van der Waals surface area contributed by atoms with Crippen LogP contribution in [0.25, 0.3) is 11.1 Å². The number of fused-ring (bicyclic) bond motifs is 2. The molecule has 0 aliphatic carbocycles. The third kappa shape index (κ3) is 3.60. The molecule has 2 atom stereocenters. The normalized spacial score (nSPS) is 16.7. The highest BCUT2D eigenvalue weighted by atomic mass is 16.5. The Kier molecular flexibility index (Phi) is 5.15. The number of benzene rings is 1. The van der Waals surface area contributed by atoms with Gasteiger partial charge in [0.2, 0.25) is 0 Å². The number of hydrogen-bond donors (Lipinski definition) is 2. The highest BCUT2D eigenvalue weighted by Crippen LogP contribution is 2.33. The molecule has 0 saturated heterocycles. The molecule has 2 unspecified atom stereocenters. The number of nitrogens with one attached hydrogen (secondary N) is 2. The Bertz CT molecular complexity index is 1120. The molecular formula is C22H24N4O4. The second kappa shape index (κ2) is 7.78. The number of carbonyl (C=O) groups excluding carboxylic acids is 2. The van der Waals surface area contributed by atoms with Crippen molar-refractivity contribution in [2.24, 2.45) is 0 Å². The van der Waals surface area contributed by atoms with Crippen molar-refractivity contribution in [3.8, 4) is 5.75 Å². The first kappa shape index (κ1) is 19.9. The Morgan fingerprint density at radius 2 is 2.07 bits per heavy atom. The van der Waals surface area contributed by atoms with E-state index in [1.54, 1.807) is 12.1 Å². The van der Waals surface area contributed by atoms with Crippen molar-refractivity contribution in [1.29, 1.82) is 0 Å². The smallest absolute Gasteiger partial charge is 0.265 e. The molecule has 0 spiro atoms. The van der Waals surface area contributed by atoms with Gasteiger partial charge in [-0.05, 0) is 43.0 Å². The predicted octanol–water partition coefficient (Wildman–Crippen LogP) is 3.95. The Morgan fingerprint density at radius 3 is 2.80 bits per heavy atom. The van der Waals surface area contributed by atoms with E-state index in [0.29, 0.717) is 29.1 Å². The largest absolute Gasteiger partial charge is 0.478 e. The van der Waals surface area contributed by atoms with Crippen LogP contribution in [-0.2, 0) is 4.79 Å². The maximum atomic E-state index is 12.8. The van der Waals surface area contributed by atoms with E-state index in [0.717, 1.165) is 16.6 Å². The zero-order chi connectivity index (χ0) is 21.4. The van der Waals surface area contributed by atoms with Gasteiger partial charge in [-0.25, -0.2) is 4.98 Å². The molecule has 8 heteroatoms. The monoisotopic (exact) mass is 408 g/mol. The average Bonchev–Trinajstić information content (AvgIpc) is 3.16. The summed E-state index contributed by atoms with van der Waals surface area (Å²) in [5.41, 5.74) is 3.14. The molecule has 8 nitrogen and oxygen atoms in total. The number of amides is 2. The van der Waals surface area contributed by atoms with Crippen LogP contribution in [-0.4, -0.2) is 28.1 Å². The zero-order valence-corrected chi connectivity index (χ0v) is 17.4. The molecule has 156 valence electrons. The number of rotatable bonds is 5. The van der Waals surface area contributed by atoms with Crippen LogP contribution >= 0.6 is 0 Å². The molecule has 1 aliphatic rings. The van der Waals surface area contributed by atoms with Crippen molar-refractivity contribution >= 4 is 28.6 Å². The van der Waals surface area contributed by atoms with Crippen LogP contribution in [0.4, 0.5) is 5.69 Å². The summed E-state index contributed by atoms with van der Waals surface area (Å²) in [6.07, 6.45) is 1.56. The second-order valence-electron chi connectivity index (χ2n) is 7.75. The summed E-state index contributed by atoms with van der Waals surface area (Å²) in [6.45, 7) is 7.81. The SMILES string of the molecule is CCC1Oc2cc(C(C)NC(=O)c3cnc4onc(C(C)C)c4c3)ccc2NC1=O. The molecule has 3 aromatic rings. The molecular weight excluding hydrogens is 384 g/mol. The number of aromatic nitrogens is 2.